The minimum Gasteiger partial charge on any atom is -0.478 e. The summed E-state index contributed by atoms with van der Waals surface area (Å²) in [7, 11) is 0. The highest BCUT2D eigenvalue weighted by Crippen LogP contribution is 2.20. The SMILES string of the molecule is C=Cc1ccc(C(=O)O)c(C(=O)Nc2ccc(C(=O)c3ccc(NC(=O)c4cc(C=C)ccc4C(=O)O)cc3)cc2)c1. The van der Waals surface area contributed by atoms with E-state index in [-0.39, 0.29) is 28.0 Å². The summed E-state index contributed by atoms with van der Waals surface area (Å²) in [6.07, 6.45) is 3.00. The third kappa shape index (κ3) is 6.37. The van der Waals surface area contributed by atoms with Crippen molar-refractivity contribution in [3.05, 3.63) is 143 Å². The summed E-state index contributed by atoms with van der Waals surface area (Å²) in [6.45, 7) is 7.27. The molecule has 0 unspecified atom stereocenters. The number of carboxylic acid groups (broad SMARTS) is 2. The van der Waals surface area contributed by atoms with Crippen LogP contribution in [0.4, 0.5) is 11.4 Å². The number of ketones is 1. The second-order valence-electron chi connectivity index (χ2n) is 9.02. The predicted octanol–water partition coefficient (Wildman–Crippen LogP) is 6.10. The Bertz CT molecular complexity index is 1630. The van der Waals surface area contributed by atoms with Crippen molar-refractivity contribution < 1.29 is 34.2 Å². The minimum absolute atomic E-state index is 0.0279. The summed E-state index contributed by atoms with van der Waals surface area (Å²) in [6, 6.07) is 20.8. The molecule has 0 fully saturated rings. The molecule has 4 aromatic carbocycles. The minimum atomic E-state index is -1.24. The molecule has 4 aromatic rings. The highest BCUT2D eigenvalue weighted by molar-refractivity contribution is 6.13. The van der Waals surface area contributed by atoms with Gasteiger partial charge < -0.3 is 20.8 Å². The van der Waals surface area contributed by atoms with Crippen molar-refractivity contribution in [1.82, 2.24) is 0 Å². The van der Waals surface area contributed by atoms with Crippen LogP contribution in [0.25, 0.3) is 12.2 Å². The zero-order valence-electron chi connectivity index (χ0n) is 22.1. The van der Waals surface area contributed by atoms with Crippen LogP contribution in [-0.4, -0.2) is 39.7 Å². The van der Waals surface area contributed by atoms with Crippen molar-refractivity contribution in [3.8, 4) is 0 Å². The fourth-order valence-electron chi connectivity index (χ4n) is 4.10. The van der Waals surface area contributed by atoms with Crippen molar-refractivity contribution in [3.63, 3.8) is 0 Å². The van der Waals surface area contributed by atoms with Crippen molar-refractivity contribution in [2.45, 2.75) is 0 Å². The fraction of sp³-hybridized carbons (Fsp3) is 0. The Morgan fingerprint density at radius 2 is 0.881 bits per heavy atom. The Labute approximate surface area is 240 Å². The van der Waals surface area contributed by atoms with Crippen LogP contribution in [0.1, 0.15) is 68.5 Å². The molecule has 0 aliphatic rings. The summed E-state index contributed by atoms with van der Waals surface area (Å²) >= 11 is 0. The zero-order chi connectivity index (χ0) is 30.4. The molecule has 2 amide bonds. The summed E-state index contributed by atoms with van der Waals surface area (Å²) < 4.78 is 0. The van der Waals surface area contributed by atoms with Gasteiger partial charge in [0.2, 0.25) is 0 Å². The molecule has 0 radical (unpaired) electrons. The summed E-state index contributed by atoms with van der Waals surface area (Å²) in [5.41, 5.74) is 2.18. The smallest absolute Gasteiger partial charge is 0.336 e. The van der Waals surface area contributed by atoms with Crippen LogP contribution in [0.15, 0.2) is 98.1 Å². The number of aromatic carboxylic acids is 2. The number of hydrogen-bond acceptors (Lipinski definition) is 5. The Balaban J connectivity index is 1.45. The summed E-state index contributed by atoms with van der Waals surface area (Å²) in [4.78, 5) is 61.7. The van der Waals surface area contributed by atoms with E-state index in [0.717, 1.165) is 0 Å². The molecule has 0 aliphatic heterocycles. The monoisotopic (exact) mass is 560 g/mol. The third-order valence-corrected chi connectivity index (χ3v) is 6.32. The topological polar surface area (TPSA) is 150 Å². The third-order valence-electron chi connectivity index (χ3n) is 6.32. The van der Waals surface area contributed by atoms with Crippen LogP contribution in [0, 0.1) is 0 Å². The molecular formula is C33H24N2O7. The molecule has 4 rings (SSSR count). The number of benzene rings is 4. The maximum Gasteiger partial charge on any atom is 0.336 e. The van der Waals surface area contributed by atoms with E-state index in [2.05, 4.69) is 23.8 Å². The van der Waals surface area contributed by atoms with Crippen LogP contribution in [0.2, 0.25) is 0 Å². The van der Waals surface area contributed by atoms with E-state index in [1.807, 2.05) is 0 Å². The van der Waals surface area contributed by atoms with Gasteiger partial charge in [-0.15, -0.1) is 0 Å². The zero-order valence-corrected chi connectivity index (χ0v) is 22.1. The molecule has 42 heavy (non-hydrogen) atoms. The lowest BCUT2D eigenvalue weighted by Gasteiger charge is -2.10. The second kappa shape index (κ2) is 12.4. The van der Waals surface area contributed by atoms with Crippen molar-refractivity contribution in [1.29, 1.82) is 0 Å². The van der Waals surface area contributed by atoms with E-state index < -0.39 is 23.8 Å². The molecule has 9 heteroatoms. The van der Waals surface area contributed by atoms with Crippen molar-refractivity contribution >= 4 is 53.1 Å². The quantitative estimate of drug-likeness (QED) is 0.171. The van der Waals surface area contributed by atoms with E-state index in [1.54, 1.807) is 12.1 Å². The fourth-order valence-corrected chi connectivity index (χ4v) is 4.10. The van der Waals surface area contributed by atoms with Gasteiger partial charge in [-0.3, -0.25) is 14.4 Å². The van der Waals surface area contributed by atoms with Gasteiger partial charge in [-0.2, -0.15) is 0 Å². The van der Waals surface area contributed by atoms with Gasteiger partial charge in [0.05, 0.1) is 22.3 Å². The van der Waals surface area contributed by atoms with Gasteiger partial charge in [0.15, 0.2) is 5.78 Å². The van der Waals surface area contributed by atoms with Gasteiger partial charge in [-0.05, 0) is 83.9 Å². The van der Waals surface area contributed by atoms with E-state index in [9.17, 15) is 34.2 Å². The normalized spacial score (nSPS) is 10.3. The molecule has 9 nitrogen and oxygen atoms in total. The lowest BCUT2D eigenvalue weighted by Crippen LogP contribution is -2.17. The molecule has 0 bridgehead atoms. The number of carbonyl (C=O) groups is 5. The molecule has 0 spiro atoms. The molecule has 0 heterocycles. The molecule has 0 saturated heterocycles. The molecule has 0 aliphatic carbocycles. The van der Waals surface area contributed by atoms with Crippen LogP contribution in [0.3, 0.4) is 0 Å². The highest BCUT2D eigenvalue weighted by Gasteiger charge is 2.19. The van der Waals surface area contributed by atoms with E-state index in [0.29, 0.717) is 33.6 Å². The first-order valence-corrected chi connectivity index (χ1v) is 12.5. The largest absolute Gasteiger partial charge is 0.478 e. The predicted molar refractivity (Wildman–Crippen MR) is 159 cm³/mol. The number of amides is 2. The van der Waals surface area contributed by atoms with Crippen molar-refractivity contribution in [2.75, 3.05) is 10.6 Å². The van der Waals surface area contributed by atoms with Crippen LogP contribution in [-0.2, 0) is 0 Å². The Morgan fingerprint density at radius 3 is 1.19 bits per heavy atom. The number of carboxylic acids is 2. The van der Waals surface area contributed by atoms with Crippen LogP contribution >= 0.6 is 0 Å². The maximum absolute atomic E-state index is 13.0. The summed E-state index contributed by atoms with van der Waals surface area (Å²) in [5, 5.41) is 24.1. The molecule has 0 atom stereocenters. The van der Waals surface area contributed by atoms with Gasteiger partial charge in [-0.1, -0.05) is 37.4 Å². The standard InChI is InChI=1S/C33H24N2O7/c1-3-19-5-15-25(32(39)40)27(17-19)30(37)34-23-11-7-21(8-12-23)29(36)22-9-13-24(14-10-22)35-31(38)28-18-20(4-2)6-16-26(28)33(41)42/h3-18H,1-2H2,(H,34,37)(H,35,38)(H,39,40)(H,41,42). The lowest BCUT2D eigenvalue weighted by atomic mass is 10.0. The maximum atomic E-state index is 13.0. The van der Waals surface area contributed by atoms with Gasteiger partial charge in [0, 0.05) is 22.5 Å². The Kier molecular flexibility index (Phi) is 8.53. The number of nitrogens with one attached hydrogen (secondary N) is 2. The number of rotatable bonds is 10. The Hall–Kier alpha value is -6.09. The lowest BCUT2D eigenvalue weighted by molar-refractivity contribution is 0.0683. The summed E-state index contributed by atoms with van der Waals surface area (Å²) in [5.74, 6) is -4.05. The number of carbonyl (C=O) groups excluding carboxylic acids is 3. The van der Waals surface area contributed by atoms with E-state index in [4.69, 9.17) is 0 Å². The molecular weight excluding hydrogens is 536 g/mol. The highest BCUT2D eigenvalue weighted by atomic mass is 16.4. The van der Waals surface area contributed by atoms with Gasteiger partial charge in [-0.25, -0.2) is 9.59 Å². The van der Waals surface area contributed by atoms with E-state index in [1.165, 1.54) is 84.9 Å². The first-order valence-electron chi connectivity index (χ1n) is 12.5. The average molecular weight is 561 g/mol. The van der Waals surface area contributed by atoms with Gasteiger partial charge in [0.1, 0.15) is 0 Å². The first-order chi connectivity index (χ1) is 20.1. The number of hydrogen-bond donors (Lipinski definition) is 4. The molecule has 4 N–H and O–H groups in total. The van der Waals surface area contributed by atoms with Gasteiger partial charge in [0.25, 0.3) is 11.8 Å². The average Bonchev–Trinajstić information content (AvgIpc) is 3.00. The van der Waals surface area contributed by atoms with E-state index >= 15 is 0 Å². The molecule has 208 valence electrons. The van der Waals surface area contributed by atoms with Crippen LogP contribution < -0.4 is 10.6 Å². The van der Waals surface area contributed by atoms with Crippen LogP contribution in [0.5, 0.6) is 0 Å². The Morgan fingerprint density at radius 1 is 0.524 bits per heavy atom. The number of anilines is 2. The molecule has 0 aromatic heterocycles. The first kappa shape index (κ1) is 28.9. The van der Waals surface area contributed by atoms with Crippen molar-refractivity contribution in [2.24, 2.45) is 0 Å². The molecule has 0 saturated carbocycles. The van der Waals surface area contributed by atoms with Gasteiger partial charge >= 0.3 is 11.9 Å². The second-order valence-corrected chi connectivity index (χ2v) is 9.02.